The van der Waals surface area contributed by atoms with Gasteiger partial charge in [-0.25, -0.2) is 0 Å². The molecule has 0 unspecified atom stereocenters. The summed E-state index contributed by atoms with van der Waals surface area (Å²) in [6, 6.07) is 2.86. The van der Waals surface area contributed by atoms with Gasteiger partial charge in [0.15, 0.2) is 0 Å². The van der Waals surface area contributed by atoms with Crippen molar-refractivity contribution in [3.63, 3.8) is 0 Å². The van der Waals surface area contributed by atoms with Crippen LogP contribution in [0, 0.1) is 0 Å². The molecule has 0 aliphatic heterocycles. The summed E-state index contributed by atoms with van der Waals surface area (Å²) in [7, 11) is 0. The topological polar surface area (TPSA) is 124 Å². The van der Waals surface area contributed by atoms with E-state index in [0.29, 0.717) is 6.54 Å². The molecule has 1 aromatic carbocycles. The molecule has 0 fully saturated rings. The van der Waals surface area contributed by atoms with Gasteiger partial charge in [-0.15, -0.1) is 6.58 Å². The second-order valence-corrected chi connectivity index (χ2v) is 3.35. The van der Waals surface area contributed by atoms with Gasteiger partial charge in [0.05, 0.1) is 16.8 Å². The molecule has 0 bridgehead atoms. The van der Waals surface area contributed by atoms with Crippen molar-refractivity contribution in [2.45, 2.75) is 0 Å². The maximum Gasteiger partial charge on any atom is 0.253 e. The molecule has 2 amide bonds. The molecule has 0 saturated carbocycles. The third kappa shape index (κ3) is 2.54. The van der Waals surface area contributed by atoms with Crippen molar-refractivity contribution in [3.8, 4) is 0 Å². The van der Waals surface area contributed by atoms with Crippen molar-refractivity contribution in [2.24, 2.45) is 5.73 Å². The Kier molecular flexibility index (Phi) is 3.71. The predicted octanol–water partition coefficient (Wildman–Crippen LogP) is -0.134. The highest BCUT2D eigenvalue weighted by Crippen LogP contribution is 2.23. The highest BCUT2D eigenvalue weighted by atomic mass is 16.2. The van der Waals surface area contributed by atoms with Crippen LogP contribution in [0.5, 0.6) is 0 Å². The number of primary amides is 1. The van der Waals surface area contributed by atoms with Gasteiger partial charge in [0.2, 0.25) is 0 Å². The molecule has 7 N–H and O–H groups in total. The number of benzene rings is 1. The number of rotatable bonds is 4. The van der Waals surface area contributed by atoms with Crippen molar-refractivity contribution in [1.29, 1.82) is 0 Å². The van der Waals surface area contributed by atoms with E-state index in [9.17, 15) is 9.59 Å². The van der Waals surface area contributed by atoms with E-state index in [-0.39, 0.29) is 22.5 Å². The molecule has 0 spiro atoms. The molecule has 90 valence electrons. The number of carbonyl (C=O) groups excluding carboxylic acids is 2. The molecule has 0 atom stereocenters. The fourth-order valence-electron chi connectivity index (χ4n) is 1.37. The van der Waals surface area contributed by atoms with Gasteiger partial charge in [0.1, 0.15) is 0 Å². The van der Waals surface area contributed by atoms with Crippen LogP contribution in [-0.4, -0.2) is 18.4 Å². The Hall–Kier alpha value is -2.50. The fraction of sp³-hybridized carbons (Fsp3) is 0.0909. The molecule has 1 rings (SSSR count). The van der Waals surface area contributed by atoms with E-state index in [1.54, 1.807) is 0 Å². The van der Waals surface area contributed by atoms with E-state index in [2.05, 4.69) is 11.9 Å². The molecule has 1 aromatic rings. The second-order valence-electron chi connectivity index (χ2n) is 3.35. The summed E-state index contributed by atoms with van der Waals surface area (Å²) in [5, 5.41) is 2.55. The van der Waals surface area contributed by atoms with Gasteiger partial charge in [-0.2, -0.15) is 0 Å². The van der Waals surface area contributed by atoms with Gasteiger partial charge >= 0.3 is 0 Å². The Balaban J connectivity index is 3.18. The number of anilines is 2. The van der Waals surface area contributed by atoms with Crippen LogP contribution in [0.2, 0.25) is 0 Å². The predicted molar refractivity (Wildman–Crippen MR) is 66.3 cm³/mol. The summed E-state index contributed by atoms with van der Waals surface area (Å²) in [6.45, 7) is 3.77. The van der Waals surface area contributed by atoms with Crippen molar-refractivity contribution < 1.29 is 9.59 Å². The van der Waals surface area contributed by atoms with Crippen molar-refractivity contribution in [2.75, 3.05) is 18.0 Å². The molecule has 0 aliphatic rings. The Morgan fingerprint density at radius 3 is 2.53 bits per heavy atom. The molecule has 0 aromatic heterocycles. The average Bonchev–Trinajstić information content (AvgIpc) is 2.25. The number of nitrogens with two attached hydrogens (primary N) is 3. The van der Waals surface area contributed by atoms with Crippen LogP contribution in [0.25, 0.3) is 0 Å². The Morgan fingerprint density at radius 1 is 1.35 bits per heavy atom. The lowest BCUT2D eigenvalue weighted by atomic mass is 10.0. The number of carbonyl (C=O) groups is 2. The van der Waals surface area contributed by atoms with Crippen LogP contribution >= 0.6 is 0 Å². The number of nitrogen functional groups attached to an aromatic ring is 2. The standard InChI is InChI=1S/C11H14N4O2/c1-2-5-15-11(17)6-3-4-7(12)8(9(6)13)10(14)16/h2-4H,1,5,12-13H2,(H2,14,16)(H,15,17). The SMILES string of the molecule is C=CCNC(=O)c1ccc(N)c(C(N)=O)c1N. The minimum absolute atomic E-state index is 0.0148. The van der Waals surface area contributed by atoms with E-state index in [4.69, 9.17) is 17.2 Å². The van der Waals surface area contributed by atoms with Gasteiger partial charge in [-0.05, 0) is 12.1 Å². The summed E-state index contributed by atoms with van der Waals surface area (Å²) in [4.78, 5) is 22.8. The van der Waals surface area contributed by atoms with Crippen LogP contribution < -0.4 is 22.5 Å². The third-order valence-electron chi connectivity index (χ3n) is 2.18. The first kappa shape index (κ1) is 12.6. The molecule has 17 heavy (non-hydrogen) atoms. The van der Waals surface area contributed by atoms with Crippen molar-refractivity contribution in [3.05, 3.63) is 35.9 Å². The summed E-state index contributed by atoms with van der Waals surface area (Å²) < 4.78 is 0. The monoisotopic (exact) mass is 234 g/mol. The number of hydrogen-bond acceptors (Lipinski definition) is 4. The van der Waals surface area contributed by atoms with Gasteiger partial charge in [-0.3, -0.25) is 9.59 Å². The quantitative estimate of drug-likeness (QED) is 0.427. The zero-order chi connectivity index (χ0) is 13.0. The first-order valence-corrected chi connectivity index (χ1v) is 4.86. The molecule has 6 nitrogen and oxygen atoms in total. The Labute approximate surface area is 98.5 Å². The first-order chi connectivity index (χ1) is 7.99. The molecule has 0 heterocycles. The summed E-state index contributed by atoms with van der Waals surface area (Å²) >= 11 is 0. The van der Waals surface area contributed by atoms with E-state index >= 15 is 0 Å². The minimum atomic E-state index is -0.765. The molecule has 0 radical (unpaired) electrons. The lowest BCUT2D eigenvalue weighted by molar-refractivity contribution is 0.0959. The van der Waals surface area contributed by atoms with E-state index in [0.717, 1.165) is 0 Å². The van der Waals surface area contributed by atoms with E-state index in [1.165, 1.54) is 18.2 Å². The average molecular weight is 234 g/mol. The largest absolute Gasteiger partial charge is 0.398 e. The van der Waals surface area contributed by atoms with Crippen LogP contribution in [0.4, 0.5) is 11.4 Å². The zero-order valence-electron chi connectivity index (χ0n) is 9.19. The summed E-state index contributed by atoms with van der Waals surface area (Å²) in [6.07, 6.45) is 1.53. The van der Waals surface area contributed by atoms with E-state index in [1.807, 2.05) is 0 Å². The van der Waals surface area contributed by atoms with Gasteiger partial charge < -0.3 is 22.5 Å². The Bertz CT molecular complexity index is 483. The number of hydrogen-bond donors (Lipinski definition) is 4. The van der Waals surface area contributed by atoms with Crippen molar-refractivity contribution >= 4 is 23.2 Å². The van der Waals surface area contributed by atoms with Gasteiger partial charge in [0.25, 0.3) is 11.8 Å². The number of nitrogens with one attached hydrogen (secondary N) is 1. The molecular formula is C11H14N4O2. The number of amides is 2. The zero-order valence-corrected chi connectivity index (χ0v) is 9.19. The summed E-state index contributed by atoms with van der Waals surface area (Å²) in [5.41, 5.74) is 16.7. The van der Waals surface area contributed by atoms with Crippen LogP contribution in [0.3, 0.4) is 0 Å². The molecule has 0 saturated heterocycles. The maximum atomic E-state index is 11.7. The van der Waals surface area contributed by atoms with Crippen LogP contribution in [0.1, 0.15) is 20.7 Å². The van der Waals surface area contributed by atoms with Crippen LogP contribution in [0.15, 0.2) is 24.8 Å². The Morgan fingerprint density at radius 2 is 2.00 bits per heavy atom. The highest BCUT2D eigenvalue weighted by Gasteiger charge is 2.17. The molecular weight excluding hydrogens is 220 g/mol. The lowest BCUT2D eigenvalue weighted by Gasteiger charge is -2.10. The highest BCUT2D eigenvalue weighted by molar-refractivity contribution is 6.09. The maximum absolute atomic E-state index is 11.7. The van der Waals surface area contributed by atoms with Crippen molar-refractivity contribution in [1.82, 2.24) is 5.32 Å². The minimum Gasteiger partial charge on any atom is -0.398 e. The fourth-order valence-corrected chi connectivity index (χ4v) is 1.37. The first-order valence-electron chi connectivity index (χ1n) is 4.86. The molecule has 6 heteroatoms. The van der Waals surface area contributed by atoms with E-state index < -0.39 is 11.8 Å². The lowest BCUT2D eigenvalue weighted by Crippen LogP contribution is -2.26. The van der Waals surface area contributed by atoms with Crippen LogP contribution in [-0.2, 0) is 0 Å². The summed E-state index contributed by atoms with van der Waals surface area (Å²) in [5.74, 6) is -1.18. The normalized spacial score (nSPS) is 9.65. The second kappa shape index (κ2) is 5.02. The smallest absolute Gasteiger partial charge is 0.253 e. The third-order valence-corrected chi connectivity index (χ3v) is 2.18. The molecule has 0 aliphatic carbocycles. The van der Waals surface area contributed by atoms with Gasteiger partial charge in [0, 0.05) is 12.2 Å². The van der Waals surface area contributed by atoms with Gasteiger partial charge in [-0.1, -0.05) is 6.08 Å².